The zero-order valence-corrected chi connectivity index (χ0v) is 12.8. The quantitative estimate of drug-likeness (QED) is 0.818. The first-order valence-electron chi connectivity index (χ1n) is 7.19. The second kappa shape index (κ2) is 7.02. The van der Waals surface area contributed by atoms with Crippen LogP contribution in [0.1, 0.15) is 29.8 Å². The van der Waals surface area contributed by atoms with Gasteiger partial charge in [0.2, 0.25) is 5.91 Å². The minimum absolute atomic E-state index is 0.0748. The number of amides is 1. The van der Waals surface area contributed by atoms with E-state index >= 15 is 0 Å². The van der Waals surface area contributed by atoms with E-state index in [2.05, 4.69) is 9.97 Å². The molecule has 0 bridgehead atoms. The highest BCUT2D eigenvalue weighted by molar-refractivity contribution is 5.78. The highest BCUT2D eigenvalue weighted by Crippen LogP contribution is 2.11. The van der Waals surface area contributed by atoms with E-state index in [1.54, 1.807) is 19.3 Å². The number of nitrogens with zero attached hydrogens (tertiary/aromatic N) is 3. The smallest absolute Gasteiger partial charge is 0.230 e. The second-order valence-corrected chi connectivity index (χ2v) is 5.00. The van der Waals surface area contributed by atoms with Crippen molar-refractivity contribution in [2.24, 2.45) is 0 Å². The van der Waals surface area contributed by atoms with Crippen LogP contribution in [0.25, 0.3) is 0 Å². The van der Waals surface area contributed by atoms with Crippen molar-refractivity contribution in [1.29, 1.82) is 0 Å². The molecule has 2 heterocycles. The van der Waals surface area contributed by atoms with Crippen molar-refractivity contribution in [1.82, 2.24) is 14.9 Å². The maximum Gasteiger partial charge on any atom is 0.230 e. The number of oxazole rings is 1. The van der Waals surface area contributed by atoms with Gasteiger partial charge in [-0.3, -0.25) is 9.78 Å². The topological polar surface area (TPSA) is 59.2 Å². The molecule has 1 amide bonds. The minimum Gasteiger partial charge on any atom is -0.445 e. The molecular formula is C16H21N3O2. The van der Waals surface area contributed by atoms with Gasteiger partial charge in [-0.2, -0.15) is 0 Å². The normalized spacial score (nSPS) is 10.6. The van der Waals surface area contributed by atoms with E-state index in [0.717, 1.165) is 12.1 Å². The highest BCUT2D eigenvalue weighted by Gasteiger charge is 2.16. The Morgan fingerprint density at radius 3 is 2.57 bits per heavy atom. The molecule has 0 saturated heterocycles. The molecule has 112 valence electrons. The van der Waals surface area contributed by atoms with Crippen molar-refractivity contribution in [2.75, 3.05) is 13.1 Å². The fourth-order valence-corrected chi connectivity index (χ4v) is 2.26. The fraction of sp³-hybridized carbons (Fsp3) is 0.438. The lowest BCUT2D eigenvalue weighted by atomic mass is 10.2. The predicted octanol–water partition coefficient (Wildman–Crippen LogP) is 2.32. The average molecular weight is 287 g/mol. The SMILES string of the molecule is CCN(CCc1ccncc1)C(=O)Cc1oc(C)nc1C. The number of rotatable bonds is 6. The number of carbonyl (C=O) groups is 1. The summed E-state index contributed by atoms with van der Waals surface area (Å²) in [6.45, 7) is 7.04. The molecule has 0 spiro atoms. The van der Waals surface area contributed by atoms with Crippen LogP contribution in [-0.2, 0) is 17.6 Å². The van der Waals surface area contributed by atoms with E-state index < -0.39 is 0 Å². The number of hydrogen-bond donors (Lipinski definition) is 0. The van der Waals surface area contributed by atoms with E-state index in [1.807, 2.05) is 30.9 Å². The van der Waals surface area contributed by atoms with Gasteiger partial charge in [0.1, 0.15) is 5.76 Å². The molecule has 0 aliphatic rings. The first-order valence-corrected chi connectivity index (χ1v) is 7.19. The molecule has 0 aromatic carbocycles. The Balaban J connectivity index is 1.94. The van der Waals surface area contributed by atoms with Crippen molar-refractivity contribution in [3.05, 3.63) is 47.4 Å². The summed E-state index contributed by atoms with van der Waals surface area (Å²) in [7, 11) is 0. The van der Waals surface area contributed by atoms with Gasteiger partial charge in [0.25, 0.3) is 0 Å². The van der Waals surface area contributed by atoms with Crippen LogP contribution in [-0.4, -0.2) is 33.9 Å². The van der Waals surface area contributed by atoms with Gasteiger partial charge in [-0.1, -0.05) is 0 Å². The zero-order chi connectivity index (χ0) is 15.2. The molecule has 5 nitrogen and oxygen atoms in total. The largest absolute Gasteiger partial charge is 0.445 e. The lowest BCUT2D eigenvalue weighted by Gasteiger charge is -2.20. The van der Waals surface area contributed by atoms with Crippen molar-refractivity contribution in [3.63, 3.8) is 0 Å². The molecular weight excluding hydrogens is 266 g/mol. The highest BCUT2D eigenvalue weighted by atomic mass is 16.4. The van der Waals surface area contributed by atoms with Gasteiger partial charge in [0, 0.05) is 32.4 Å². The Bertz CT molecular complexity index is 593. The van der Waals surface area contributed by atoms with Crippen LogP contribution >= 0.6 is 0 Å². The summed E-state index contributed by atoms with van der Waals surface area (Å²) in [5, 5.41) is 0. The number of pyridine rings is 1. The molecule has 0 N–H and O–H groups in total. The molecule has 5 heteroatoms. The number of hydrogen-bond acceptors (Lipinski definition) is 4. The van der Waals surface area contributed by atoms with Crippen molar-refractivity contribution < 1.29 is 9.21 Å². The van der Waals surface area contributed by atoms with Gasteiger partial charge in [-0.25, -0.2) is 4.98 Å². The summed E-state index contributed by atoms with van der Waals surface area (Å²) in [6, 6.07) is 3.95. The van der Waals surface area contributed by atoms with E-state index in [9.17, 15) is 4.79 Å². The monoisotopic (exact) mass is 287 g/mol. The standard InChI is InChI=1S/C16H21N3O2/c1-4-19(10-7-14-5-8-17-9-6-14)16(20)11-15-12(2)18-13(3)21-15/h5-6,8-9H,4,7,10-11H2,1-3H3. The Labute approximate surface area is 125 Å². The number of aromatic nitrogens is 2. The summed E-state index contributed by atoms with van der Waals surface area (Å²) in [6.07, 6.45) is 4.65. The fourth-order valence-electron chi connectivity index (χ4n) is 2.26. The van der Waals surface area contributed by atoms with Crippen molar-refractivity contribution in [2.45, 2.75) is 33.6 Å². The van der Waals surface area contributed by atoms with E-state index in [-0.39, 0.29) is 12.3 Å². The Morgan fingerprint density at radius 1 is 1.29 bits per heavy atom. The summed E-state index contributed by atoms with van der Waals surface area (Å²) >= 11 is 0. The van der Waals surface area contributed by atoms with Crippen LogP contribution in [0.5, 0.6) is 0 Å². The molecule has 0 aliphatic heterocycles. The molecule has 2 aromatic rings. The molecule has 0 aliphatic carbocycles. The summed E-state index contributed by atoms with van der Waals surface area (Å²) in [4.78, 5) is 22.4. The van der Waals surface area contributed by atoms with E-state index in [1.165, 1.54) is 5.56 Å². The van der Waals surface area contributed by atoms with Crippen LogP contribution < -0.4 is 0 Å². The maximum atomic E-state index is 12.4. The molecule has 2 rings (SSSR count). The third kappa shape index (κ3) is 4.15. The predicted molar refractivity (Wildman–Crippen MR) is 79.9 cm³/mol. The van der Waals surface area contributed by atoms with Gasteiger partial charge >= 0.3 is 0 Å². The third-order valence-corrected chi connectivity index (χ3v) is 3.47. The van der Waals surface area contributed by atoms with Gasteiger partial charge in [-0.15, -0.1) is 0 Å². The summed E-state index contributed by atoms with van der Waals surface area (Å²) in [5.41, 5.74) is 1.98. The van der Waals surface area contributed by atoms with Crippen molar-refractivity contribution in [3.8, 4) is 0 Å². The first-order chi connectivity index (χ1) is 10.1. The molecule has 21 heavy (non-hydrogen) atoms. The van der Waals surface area contributed by atoms with E-state index in [0.29, 0.717) is 24.7 Å². The zero-order valence-electron chi connectivity index (χ0n) is 12.8. The Hall–Kier alpha value is -2.17. The van der Waals surface area contributed by atoms with Gasteiger partial charge in [0.05, 0.1) is 12.1 Å². The Kier molecular flexibility index (Phi) is 5.09. The average Bonchev–Trinajstić information content (AvgIpc) is 2.78. The maximum absolute atomic E-state index is 12.4. The number of carbonyl (C=O) groups excluding carboxylic acids is 1. The van der Waals surface area contributed by atoms with Gasteiger partial charge in [0.15, 0.2) is 5.89 Å². The molecule has 0 radical (unpaired) electrons. The van der Waals surface area contributed by atoms with Crippen molar-refractivity contribution >= 4 is 5.91 Å². The molecule has 0 unspecified atom stereocenters. The lowest BCUT2D eigenvalue weighted by molar-refractivity contribution is -0.130. The second-order valence-electron chi connectivity index (χ2n) is 5.00. The van der Waals surface area contributed by atoms with Gasteiger partial charge in [-0.05, 0) is 38.0 Å². The molecule has 0 fully saturated rings. The van der Waals surface area contributed by atoms with Crippen LogP contribution in [0, 0.1) is 13.8 Å². The number of aryl methyl sites for hydroxylation is 2. The first kappa shape index (κ1) is 15.2. The molecule has 0 saturated carbocycles. The van der Waals surface area contributed by atoms with Crippen LogP contribution in [0.3, 0.4) is 0 Å². The summed E-state index contributed by atoms with van der Waals surface area (Å²) < 4.78 is 5.48. The Morgan fingerprint density at radius 2 is 2.00 bits per heavy atom. The van der Waals surface area contributed by atoms with E-state index in [4.69, 9.17) is 4.42 Å². The summed E-state index contributed by atoms with van der Waals surface area (Å²) in [5.74, 6) is 1.35. The third-order valence-electron chi connectivity index (χ3n) is 3.47. The minimum atomic E-state index is 0.0748. The number of likely N-dealkylation sites (N-methyl/N-ethyl adjacent to an activating group) is 1. The lowest BCUT2D eigenvalue weighted by Crippen LogP contribution is -2.34. The molecule has 0 atom stereocenters. The van der Waals surface area contributed by atoms with Crippen LogP contribution in [0.2, 0.25) is 0 Å². The molecule has 2 aromatic heterocycles. The van der Waals surface area contributed by atoms with Crippen LogP contribution in [0.4, 0.5) is 0 Å². The van der Waals surface area contributed by atoms with Gasteiger partial charge < -0.3 is 9.32 Å². The van der Waals surface area contributed by atoms with Crippen LogP contribution in [0.15, 0.2) is 28.9 Å².